The molecule has 1 rings (SSSR count). The van der Waals surface area contributed by atoms with Crippen LogP contribution in [-0.4, -0.2) is 16.6 Å². The second-order valence-corrected chi connectivity index (χ2v) is 3.26. The molecule has 0 amide bonds. The molecule has 0 bridgehead atoms. The summed E-state index contributed by atoms with van der Waals surface area (Å²) in [5.74, 6) is -0.0640. The van der Waals surface area contributed by atoms with Crippen molar-refractivity contribution in [2.24, 2.45) is 17.6 Å². The van der Waals surface area contributed by atoms with Crippen molar-refractivity contribution < 1.29 is 9.90 Å². The smallest absolute Gasteiger partial charge is 0.305 e. The van der Waals surface area contributed by atoms with Crippen LogP contribution < -0.4 is 5.73 Å². The summed E-state index contributed by atoms with van der Waals surface area (Å²) in [6.45, 7) is 3.99. The summed E-state index contributed by atoms with van der Waals surface area (Å²) in [7, 11) is 0. The van der Waals surface area contributed by atoms with Crippen molar-refractivity contribution in [1.29, 1.82) is 0 Å². The molecule has 2 atom stereocenters. The highest BCUT2D eigenvalue weighted by atomic mass is 16.4. The summed E-state index contributed by atoms with van der Waals surface area (Å²) in [6, 6.07) is 0. The van der Waals surface area contributed by atoms with E-state index in [4.69, 9.17) is 10.8 Å². The van der Waals surface area contributed by atoms with E-state index in [0.29, 0.717) is 11.8 Å². The molecule has 0 saturated heterocycles. The SMILES string of the molecule is CC1C(C)C1(N)CC(=O)O. The molecular weight excluding hydrogens is 130 g/mol. The fraction of sp³-hybridized carbons (Fsp3) is 0.857. The largest absolute Gasteiger partial charge is 0.481 e. The third-order valence-corrected chi connectivity index (χ3v) is 2.79. The van der Waals surface area contributed by atoms with Crippen LogP contribution in [0.15, 0.2) is 0 Å². The fourth-order valence-corrected chi connectivity index (χ4v) is 1.48. The Balaban J connectivity index is 2.50. The molecule has 0 heterocycles. The second kappa shape index (κ2) is 1.95. The highest BCUT2D eigenvalue weighted by Gasteiger charge is 2.57. The number of rotatable bonds is 2. The number of nitrogens with two attached hydrogens (primary N) is 1. The van der Waals surface area contributed by atoms with Gasteiger partial charge in [-0.2, -0.15) is 0 Å². The van der Waals surface area contributed by atoms with E-state index in [1.807, 2.05) is 13.8 Å². The Morgan fingerprint density at radius 1 is 1.60 bits per heavy atom. The third kappa shape index (κ3) is 0.904. The zero-order valence-electron chi connectivity index (χ0n) is 6.29. The summed E-state index contributed by atoms with van der Waals surface area (Å²) in [5.41, 5.74) is 5.34. The van der Waals surface area contributed by atoms with Crippen molar-refractivity contribution in [2.75, 3.05) is 0 Å². The molecule has 1 aliphatic carbocycles. The van der Waals surface area contributed by atoms with Gasteiger partial charge in [-0.05, 0) is 11.8 Å². The summed E-state index contributed by atoms with van der Waals surface area (Å²) >= 11 is 0. The lowest BCUT2D eigenvalue weighted by Crippen LogP contribution is -2.29. The zero-order chi connectivity index (χ0) is 7.94. The highest BCUT2D eigenvalue weighted by Crippen LogP contribution is 2.49. The first kappa shape index (κ1) is 7.54. The van der Waals surface area contributed by atoms with Gasteiger partial charge in [0.05, 0.1) is 6.42 Å². The van der Waals surface area contributed by atoms with Gasteiger partial charge in [0.15, 0.2) is 0 Å². The van der Waals surface area contributed by atoms with Crippen molar-refractivity contribution in [3.63, 3.8) is 0 Å². The van der Waals surface area contributed by atoms with Crippen LogP contribution in [0, 0.1) is 11.8 Å². The van der Waals surface area contributed by atoms with Gasteiger partial charge in [-0.1, -0.05) is 13.8 Å². The zero-order valence-corrected chi connectivity index (χ0v) is 6.29. The summed E-state index contributed by atoms with van der Waals surface area (Å²) in [5, 5.41) is 8.44. The minimum absolute atomic E-state index is 0.106. The first-order valence-electron chi connectivity index (χ1n) is 3.49. The lowest BCUT2D eigenvalue weighted by molar-refractivity contribution is -0.137. The van der Waals surface area contributed by atoms with Gasteiger partial charge >= 0.3 is 5.97 Å². The van der Waals surface area contributed by atoms with E-state index in [-0.39, 0.29) is 6.42 Å². The van der Waals surface area contributed by atoms with Gasteiger partial charge in [0.25, 0.3) is 0 Å². The molecule has 0 spiro atoms. The average molecular weight is 143 g/mol. The van der Waals surface area contributed by atoms with Gasteiger partial charge < -0.3 is 10.8 Å². The molecule has 58 valence electrons. The predicted molar refractivity (Wildman–Crippen MR) is 37.5 cm³/mol. The van der Waals surface area contributed by atoms with E-state index < -0.39 is 11.5 Å². The third-order valence-electron chi connectivity index (χ3n) is 2.79. The van der Waals surface area contributed by atoms with Gasteiger partial charge in [-0.3, -0.25) is 4.79 Å². The fourth-order valence-electron chi connectivity index (χ4n) is 1.48. The molecule has 0 aliphatic heterocycles. The maximum Gasteiger partial charge on any atom is 0.305 e. The quantitative estimate of drug-likeness (QED) is 0.589. The summed E-state index contributed by atoms with van der Waals surface area (Å²) < 4.78 is 0. The van der Waals surface area contributed by atoms with E-state index >= 15 is 0 Å². The number of hydrogen-bond acceptors (Lipinski definition) is 2. The van der Waals surface area contributed by atoms with E-state index in [0.717, 1.165) is 0 Å². The minimum atomic E-state index is -0.793. The molecule has 0 aromatic carbocycles. The van der Waals surface area contributed by atoms with Crippen LogP contribution in [0.25, 0.3) is 0 Å². The number of carboxylic acid groups (broad SMARTS) is 1. The Morgan fingerprint density at radius 2 is 2.00 bits per heavy atom. The van der Waals surface area contributed by atoms with Gasteiger partial charge in [-0.15, -0.1) is 0 Å². The van der Waals surface area contributed by atoms with Crippen molar-refractivity contribution in [3.05, 3.63) is 0 Å². The summed E-state index contributed by atoms with van der Waals surface area (Å²) in [6.07, 6.45) is 0.106. The first-order chi connectivity index (χ1) is 4.48. The lowest BCUT2D eigenvalue weighted by atomic mass is 10.1. The van der Waals surface area contributed by atoms with Gasteiger partial charge in [-0.25, -0.2) is 0 Å². The van der Waals surface area contributed by atoms with Crippen LogP contribution in [0.3, 0.4) is 0 Å². The Labute approximate surface area is 60.2 Å². The van der Waals surface area contributed by atoms with Crippen molar-refractivity contribution in [3.8, 4) is 0 Å². The molecule has 3 heteroatoms. The van der Waals surface area contributed by atoms with Crippen LogP contribution in [0.5, 0.6) is 0 Å². The van der Waals surface area contributed by atoms with E-state index in [2.05, 4.69) is 0 Å². The highest BCUT2D eigenvalue weighted by molar-refractivity contribution is 5.69. The Hall–Kier alpha value is -0.570. The van der Waals surface area contributed by atoms with E-state index in [9.17, 15) is 4.79 Å². The molecule has 0 aromatic heterocycles. The molecule has 10 heavy (non-hydrogen) atoms. The molecular formula is C7H13NO2. The number of hydrogen-bond donors (Lipinski definition) is 2. The van der Waals surface area contributed by atoms with Crippen LogP contribution >= 0.6 is 0 Å². The maximum atomic E-state index is 10.3. The van der Waals surface area contributed by atoms with Crippen LogP contribution in [0.4, 0.5) is 0 Å². The minimum Gasteiger partial charge on any atom is -0.481 e. The van der Waals surface area contributed by atoms with Crippen LogP contribution in [-0.2, 0) is 4.79 Å². The normalized spacial score (nSPS) is 45.1. The molecule has 3 nitrogen and oxygen atoms in total. The molecule has 1 saturated carbocycles. The summed E-state index contributed by atoms with van der Waals surface area (Å²) in [4.78, 5) is 10.3. The van der Waals surface area contributed by atoms with E-state index in [1.54, 1.807) is 0 Å². The van der Waals surface area contributed by atoms with Crippen LogP contribution in [0.1, 0.15) is 20.3 Å². The lowest BCUT2D eigenvalue weighted by Gasteiger charge is -2.05. The Morgan fingerprint density at radius 3 is 2.10 bits per heavy atom. The number of carbonyl (C=O) groups is 1. The molecule has 0 aromatic rings. The molecule has 3 N–H and O–H groups in total. The monoisotopic (exact) mass is 143 g/mol. The Bertz CT molecular complexity index is 159. The van der Waals surface area contributed by atoms with Gasteiger partial charge in [0.2, 0.25) is 0 Å². The standard InChI is InChI=1S/C7H13NO2/c1-4-5(2)7(4,8)3-6(9)10/h4-5H,3,8H2,1-2H3,(H,9,10). The molecule has 2 unspecified atom stereocenters. The second-order valence-electron chi connectivity index (χ2n) is 3.26. The van der Waals surface area contributed by atoms with Gasteiger partial charge in [0.1, 0.15) is 0 Å². The van der Waals surface area contributed by atoms with Crippen molar-refractivity contribution in [1.82, 2.24) is 0 Å². The Kier molecular flexibility index (Phi) is 1.47. The van der Waals surface area contributed by atoms with Crippen molar-refractivity contribution in [2.45, 2.75) is 25.8 Å². The number of carboxylic acids is 1. The maximum absolute atomic E-state index is 10.3. The molecule has 1 aliphatic rings. The predicted octanol–water partition coefficient (Wildman–Crippen LogP) is 0.444. The molecule has 1 fully saturated rings. The first-order valence-corrected chi connectivity index (χ1v) is 3.49. The van der Waals surface area contributed by atoms with Crippen molar-refractivity contribution >= 4 is 5.97 Å². The van der Waals surface area contributed by atoms with E-state index in [1.165, 1.54) is 0 Å². The molecule has 0 radical (unpaired) electrons. The topological polar surface area (TPSA) is 63.3 Å². The number of aliphatic carboxylic acids is 1. The average Bonchev–Trinajstić information content (AvgIpc) is 2.18. The van der Waals surface area contributed by atoms with Gasteiger partial charge in [0, 0.05) is 5.54 Å². The van der Waals surface area contributed by atoms with Crippen LogP contribution in [0.2, 0.25) is 0 Å².